The van der Waals surface area contributed by atoms with Crippen molar-refractivity contribution in [1.29, 1.82) is 0 Å². The molecule has 0 aliphatic heterocycles. The molecule has 0 bridgehead atoms. The van der Waals surface area contributed by atoms with E-state index in [4.69, 9.17) is 0 Å². The number of nitro benzene ring substituents is 1. The molecule has 1 fully saturated rings. The molecule has 21 heavy (non-hydrogen) atoms. The lowest BCUT2D eigenvalue weighted by Gasteiger charge is -2.32. The van der Waals surface area contributed by atoms with Gasteiger partial charge in [-0.15, -0.1) is 0 Å². The first-order chi connectivity index (χ1) is 10.0. The minimum Gasteiger partial charge on any atom is -0.377 e. The van der Waals surface area contributed by atoms with E-state index in [0.717, 1.165) is 12.8 Å². The van der Waals surface area contributed by atoms with Crippen molar-refractivity contribution in [1.82, 2.24) is 5.32 Å². The predicted molar refractivity (Wildman–Crippen MR) is 81.5 cm³/mol. The number of hydrogen-bond acceptors (Lipinski definition) is 4. The first kappa shape index (κ1) is 15.3. The number of nitrogens with zero attached hydrogens (tertiary/aromatic N) is 1. The van der Waals surface area contributed by atoms with Gasteiger partial charge in [0.25, 0.3) is 11.6 Å². The molecule has 2 rings (SSSR count). The van der Waals surface area contributed by atoms with Gasteiger partial charge in [0, 0.05) is 24.2 Å². The van der Waals surface area contributed by atoms with Crippen molar-refractivity contribution in [3.8, 4) is 0 Å². The highest BCUT2D eigenvalue weighted by atomic mass is 16.6. The molecule has 1 amide bonds. The van der Waals surface area contributed by atoms with Gasteiger partial charge in [-0.3, -0.25) is 14.9 Å². The summed E-state index contributed by atoms with van der Waals surface area (Å²) in [6.07, 6.45) is 3.52. The maximum Gasteiger partial charge on any atom is 0.292 e. The Kier molecular flexibility index (Phi) is 4.77. The second-order valence-electron chi connectivity index (χ2n) is 5.47. The van der Waals surface area contributed by atoms with Gasteiger partial charge in [-0.1, -0.05) is 6.42 Å². The average molecular weight is 291 g/mol. The van der Waals surface area contributed by atoms with Gasteiger partial charge in [-0.2, -0.15) is 0 Å². The van der Waals surface area contributed by atoms with E-state index in [9.17, 15) is 14.9 Å². The molecule has 0 saturated heterocycles. The fourth-order valence-electron chi connectivity index (χ4n) is 2.52. The molecule has 1 aliphatic rings. The first-order valence-electron chi connectivity index (χ1n) is 7.36. The summed E-state index contributed by atoms with van der Waals surface area (Å²) in [6.45, 7) is 4.39. The number of hydrogen-bond donors (Lipinski definition) is 2. The van der Waals surface area contributed by atoms with Gasteiger partial charge in [0.2, 0.25) is 0 Å². The Hall–Kier alpha value is -2.11. The van der Waals surface area contributed by atoms with Gasteiger partial charge >= 0.3 is 0 Å². The highest BCUT2D eigenvalue weighted by Crippen LogP contribution is 2.33. The third-order valence-corrected chi connectivity index (χ3v) is 4.03. The zero-order valence-electron chi connectivity index (χ0n) is 12.4. The minimum absolute atomic E-state index is 0.00854. The van der Waals surface area contributed by atoms with E-state index >= 15 is 0 Å². The number of anilines is 1. The summed E-state index contributed by atoms with van der Waals surface area (Å²) in [7, 11) is 0. The van der Waals surface area contributed by atoms with Crippen LogP contribution < -0.4 is 10.6 Å². The van der Waals surface area contributed by atoms with Gasteiger partial charge in [-0.05, 0) is 44.7 Å². The van der Waals surface area contributed by atoms with Gasteiger partial charge in [0.1, 0.15) is 5.69 Å². The maximum atomic E-state index is 11.9. The third-order valence-electron chi connectivity index (χ3n) is 4.03. The molecule has 1 aliphatic carbocycles. The van der Waals surface area contributed by atoms with Crippen LogP contribution in [0.2, 0.25) is 0 Å². The summed E-state index contributed by atoms with van der Waals surface area (Å²) in [4.78, 5) is 22.6. The Bertz CT molecular complexity index is 541. The number of rotatable bonds is 6. The van der Waals surface area contributed by atoms with E-state index in [1.165, 1.54) is 18.6 Å². The maximum absolute atomic E-state index is 11.9. The van der Waals surface area contributed by atoms with Crippen LogP contribution >= 0.6 is 0 Å². The van der Waals surface area contributed by atoms with Gasteiger partial charge in [0.05, 0.1) is 4.92 Å². The SMILES string of the molecule is CCNC(=O)c1ccc([N+](=O)[O-])c(NC(C)C2CCC2)c1. The van der Waals surface area contributed by atoms with Crippen molar-refractivity contribution in [2.75, 3.05) is 11.9 Å². The average Bonchev–Trinajstić information content (AvgIpc) is 2.36. The van der Waals surface area contributed by atoms with Gasteiger partial charge in [-0.25, -0.2) is 0 Å². The second kappa shape index (κ2) is 6.56. The summed E-state index contributed by atoms with van der Waals surface area (Å²) in [6, 6.07) is 4.61. The van der Waals surface area contributed by atoms with Crippen molar-refractivity contribution >= 4 is 17.3 Å². The molecule has 1 unspecified atom stereocenters. The molecule has 1 aromatic rings. The Morgan fingerprint density at radius 1 is 1.48 bits per heavy atom. The Morgan fingerprint density at radius 3 is 2.71 bits per heavy atom. The number of amides is 1. The summed E-state index contributed by atoms with van der Waals surface area (Å²) < 4.78 is 0. The van der Waals surface area contributed by atoms with E-state index in [0.29, 0.717) is 23.7 Å². The van der Waals surface area contributed by atoms with Crippen LogP contribution in [0.1, 0.15) is 43.5 Å². The topological polar surface area (TPSA) is 84.3 Å². The third kappa shape index (κ3) is 3.51. The lowest BCUT2D eigenvalue weighted by atomic mass is 9.80. The lowest BCUT2D eigenvalue weighted by molar-refractivity contribution is -0.384. The number of nitro groups is 1. The van der Waals surface area contributed by atoms with Crippen molar-refractivity contribution in [2.24, 2.45) is 5.92 Å². The fraction of sp³-hybridized carbons (Fsp3) is 0.533. The zero-order chi connectivity index (χ0) is 15.4. The number of benzene rings is 1. The highest BCUT2D eigenvalue weighted by molar-refractivity contribution is 5.95. The van der Waals surface area contributed by atoms with Crippen LogP contribution in [-0.2, 0) is 0 Å². The predicted octanol–water partition coefficient (Wildman–Crippen LogP) is 2.95. The molecule has 1 atom stereocenters. The van der Waals surface area contributed by atoms with Crippen molar-refractivity contribution in [3.05, 3.63) is 33.9 Å². The van der Waals surface area contributed by atoms with E-state index < -0.39 is 4.92 Å². The summed E-state index contributed by atoms with van der Waals surface area (Å²) >= 11 is 0. The van der Waals surface area contributed by atoms with Crippen molar-refractivity contribution in [3.63, 3.8) is 0 Å². The monoisotopic (exact) mass is 291 g/mol. The van der Waals surface area contributed by atoms with Crippen LogP contribution in [0.4, 0.5) is 11.4 Å². The van der Waals surface area contributed by atoms with Crippen LogP contribution in [0, 0.1) is 16.0 Å². The van der Waals surface area contributed by atoms with Crippen LogP contribution in [-0.4, -0.2) is 23.4 Å². The molecular weight excluding hydrogens is 270 g/mol. The van der Waals surface area contributed by atoms with Crippen molar-refractivity contribution < 1.29 is 9.72 Å². The van der Waals surface area contributed by atoms with Crippen LogP contribution in [0.5, 0.6) is 0 Å². The molecule has 6 nitrogen and oxygen atoms in total. The second-order valence-corrected chi connectivity index (χ2v) is 5.47. The number of carbonyl (C=O) groups excluding carboxylic acids is 1. The molecule has 114 valence electrons. The fourth-order valence-corrected chi connectivity index (χ4v) is 2.52. The number of nitrogens with one attached hydrogen (secondary N) is 2. The molecule has 0 radical (unpaired) electrons. The van der Waals surface area contributed by atoms with Gasteiger partial charge < -0.3 is 10.6 Å². The van der Waals surface area contributed by atoms with Crippen molar-refractivity contribution in [2.45, 2.75) is 39.2 Å². The largest absolute Gasteiger partial charge is 0.377 e. The summed E-state index contributed by atoms with van der Waals surface area (Å²) in [5, 5.41) is 17.0. The molecule has 0 aromatic heterocycles. The molecular formula is C15H21N3O3. The summed E-state index contributed by atoms with van der Waals surface area (Å²) in [5.74, 6) is 0.337. The Balaban J connectivity index is 2.23. The van der Waals surface area contributed by atoms with Crippen LogP contribution in [0.25, 0.3) is 0 Å². The smallest absolute Gasteiger partial charge is 0.292 e. The van der Waals surface area contributed by atoms with E-state index in [2.05, 4.69) is 10.6 Å². The molecule has 0 heterocycles. The Morgan fingerprint density at radius 2 is 2.19 bits per heavy atom. The minimum atomic E-state index is -0.419. The normalized spacial score (nSPS) is 15.9. The molecule has 1 aromatic carbocycles. The molecule has 0 spiro atoms. The van der Waals surface area contributed by atoms with Gasteiger partial charge in [0.15, 0.2) is 0 Å². The molecule has 6 heteroatoms. The van der Waals surface area contributed by atoms with Crippen LogP contribution in [0.3, 0.4) is 0 Å². The lowest BCUT2D eigenvalue weighted by Crippen LogP contribution is -2.31. The molecule has 1 saturated carbocycles. The first-order valence-corrected chi connectivity index (χ1v) is 7.36. The summed E-state index contributed by atoms with van der Waals surface area (Å²) in [5.41, 5.74) is 0.864. The standard InChI is InChI=1S/C15H21N3O3/c1-3-16-15(19)12-7-8-14(18(20)21)13(9-12)17-10(2)11-5-4-6-11/h7-11,17H,3-6H2,1-2H3,(H,16,19). The highest BCUT2D eigenvalue weighted by Gasteiger charge is 2.26. The Labute approximate surface area is 124 Å². The van der Waals surface area contributed by atoms with E-state index in [1.807, 2.05) is 13.8 Å². The quantitative estimate of drug-likeness (QED) is 0.623. The van der Waals surface area contributed by atoms with E-state index in [1.54, 1.807) is 6.07 Å². The van der Waals surface area contributed by atoms with Crippen LogP contribution in [0.15, 0.2) is 18.2 Å². The number of carbonyl (C=O) groups is 1. The van der Waals surface area contributed by atoms with E-state index in [-0.39, 0.29) is 17.6 Å². The molecule has 2 N–H and O–H groups in total. The zero-order valence-corrected chi connectivity index (χ0v) is 12.4.